The molecule has 0 atom stereocenters. The van der Waals surface area contributed by atoms with Crippen molar-refractivity contribution < 1.29 is 4.39 Å². The minimum atomic E-state index is -0.389. The zero-order valence-electron chi connectivity index (χ0n) is 16.2. The molecule has 6 nitrogen and oxygen atoms in total. The molecule has 0 amide bonds. The van der Waals surface area contributed by atoms with E-state index < -0.39 is 0 Å². The zero-order valence-corrected chi connectivity index (χ0v) is 16.2. The molecular formula is C24H15FN6. The second-order valence-electron chi connectivity index (χ2n) is 6.59. The van der Waals surface area contributed by atoms with Gasteiger partial charge in [-0.1, -0.05) is 12.1 Å². The lowest BCUT2D eigenvalue weighted by Crippen LogP contribution is -2.00. The van der Waals surface area contributed by atoms with Gasteiger partial charge in [-0.05, 0) is 66.2 Å². The Morgan fingerprint density at radius 3 is 2.03 bits per heavy atom. The quantitative estimate of drug-likeness (QED) is 0.453. The van der Waals surface area contributed by atoms with Crippen LogP contribution in [0.4, 0.5) is 27.5 Å². The van der Waals surface area contributed by atoms with E-state index in [1.54, 1.807) is 72.9 Å². The molecule has 0 unspecified atom stereocenters. The Morgan fingerprint density at radius 2 is 1.39 bits per heavy atom. The molecule has 0 aliphatic carbocycles. The SMILES string of the molecule is N#Cc1ccc(Nc2nccc(Nc3ccc(-c4ccc(C#N)cc4)c(F)c3)n2)cc1. The number of benzene rings is 3. The lowest BCUT2D eigenvalue weighted by atomic mass is 10.0. The Labute approximate surface area is 178 Å². The van der Waals surface area contributed by atoms with Gasteiger partial charge in [0.05, 0.1) is 23.3 Å². The van der Waals surface area contributed by atoms with Crippen molar-refractivity contribution in [1.29, 1.82) is 10.5 Å². The Balaban J connectivity index is 1.50. The van der Waals surface area contributed by atoms with Gasteiger partial charge in [0.15, 0.2) is 0 Å². The van der Waals surface area contributed by atoms with Crippen LogP contribution in [0.5, 0.6) is 0 Å². The third kappa shape index (κ3) is 4.64. The Kier molecular flexibility index (Phi) is 5.51. The molecule has 4 rings (SSSR count). The highest BCUT2D eigenvalue weighted by molar-refractivity contribution is 5.69. The number of hydrogen-bond donors (Lipinski definition) is 2. The molecule has 1 aromatic heterocycles. The first-order chi connectivity index (χ1) is 15.1. The van der Waals surface area contributed by atoms with Crippen molar-refractivity contribution in [2.45, 2.75) is 0 Å². The molecule has 4 aromatic rings. The number of rotatable bonds is 5. The van der Waals surface area contributed by atoms with Gasteiger partial charge in [0.1, 0.15) is 11.6 Å². The number of hydrogen-bond acceptors (Lipinski definition) is 6. The molecule has 0 aliphatic rings. The zero-order chi connectivity index (χ0) is 21.6. The van der Waals surface area contributed by atoms with E-state index >= 15 is 0 Å². The van der Waals surface area contributed by atoms with Crippen molar-refractivity contribution in [2.24, 2.45) is 0 Å². The molecule has 0 saturated carbocycles. The first-order valence-electron chi connectivity index (χ1n) is 9.32. The van der Waals surface area contributed by atoms with Crippen molar-refractivity contribution in [3.8, 4) is 23.3 Å². The molecule has 31 heavy (non-hydrogen) atoms. The maximum Gasteiger partial charge on any atom is 0.229 e. The second kappa shape index (κ2) is 8.73. The van der Waals surface area contributed by atoms with Gasteiger partial charge in [-0.25, -0.2) is 9.37 Å². The molecule has 148 valence electrons. The van der Waals surface area contributed by atoms with Crippen LogP contribution in [0.25, 0.3) is 11.1 Å². The summed E-state index contributed by atoms with van der Waals surface area (Å²) in [7, 11) is 0. The fourth-order valence-corrected chi connectivity index (χ4v) is 2.94. The molecule has 0 fully saturated rings. The molecule has 7 heteroatoms. The van der Waals surface area contributed by atoms with Crippen LogP contribution in [-0.4, -0.2) is 9.97 Å². The molecular weight excluding hydrogens is 391 g/mol. The summed E-state index contributed by atoms with van der Waals surface area (Å²) < 4.78 is 14.7. The smallest absolute Gasteiger partial charge is 0.229 e. The van der Waals surface area contributed by atoms with E-state index in [2.05, 4.69) is 26.7 Å². The van der Waals surface area contributed by atoms with Gasteiger partial charge in [0, 0.05) is 23.1 Å². The highest BCUT2D eigenvalue weighted by atomic mass is 19.1. The lowest BCUT2D eigenvalue weighted by molar-refractivity contribution is 0.632. The van der Waals surface area contributed by atoms with E-state index in [9.17, 15) is 4.39 Å². The van der Waals surface area contributed by atoms with Crippen molar-refractivity contribution in [3.63, 3.8) is 0 Å². The van der Waals surface area contributed by atoms with Crippen LogP contribution in [0.3, 0.4) is 0 Å². The molecule has 0 radical (unpaired) electrons. The van der Waals surface area contributed by atoms with Crippen LogP contribution in [0.2, 0.25) is 0 Å². The largest absolute Gasteiger partial charge is 0.340 e. The summed E-state index contributed by atoms with van der Waals surface area (Å²) >= 11 is 0. The van der Waals surface area contributed by atoms with Crippen LogP contribution in [0, 0.1) is 28.5 Å². The van der Waals surface area contributed by atoms with Crippen molar-refractivity contribution >= 4 is 23.1 Å². The lowest BCUT2D eigenvalue weighted by Gasteiger charge is -2.10. The van der Waals surface area contributed by atoms with Gasteiger partial charge in [-0.2, -0.15) is 15.5 Å². The maximum absolute atomic E-state index is 14.7. The number of anilines is 4. The van der Waals surface area contributed by atoms with E-state index in [4.69, 9.17) is 10.5 Å². The number of nitriles is 2. The summed E-state index contributed by atoms with van der Waals surface area (Å²) in [5.74, 6) is 0.473. The topological polar surface area (TPSA) is 97.4 Å². The predicted molar refractivity (Wildman–Crippen MR) is 116 cm³/mol. The number of aromatic nitrogens is 2. The van der Waals surface area contributed by atoms with Gasteiger partial charge in [0.2, 0.25) is 5.95 Å². The third-order valence-electron chi connectivity index (χ3n) is 4.49. The van der Waals surface area contributed by atoms with Crippen LogP contribution >= 0.6 is 0 Å². The summed E-state index contributed by atoms with van der Waals surface area (Å²) in [6.07, 6.45) is 1.59. The van der Waals surface area contributed by atoms with E-state index in [0.29, 0.717) is 39.7 Å². The summed E-state index contributed by atoms with van der Waals surface area (Å²) in [6, 6.07) is 24.3. The molecule has 3 aromatic carbocycles. The van der Waals surface area contributed by atoms with E-state index in [1.807, 2.05) is 6.07 Å². The Hall–Kier alpha value is -4.75. The number of nitrogens with one attached hydrogen (secondary N) is 2. The number of halogens is 1. The molecule has 1 heterocycles. The van der Waals surface area contributed by atoms with Crippen molar-refractivity contribution in [1.82, 2.24) is 9.97 Å². The monoisotopic (exact) mass is 406 g/mol. The van der Waals surface area contributed by atoms with Crippen LogP contribution in [-0.2, 0) is 0 Å². The van der Waals surface area contributed by atoms with Crippen LogP contribution in [0.15, 0.2) is 79.0 Å². The molecule has 0 bridgehead atoms. The van der Waals surface area contributed by atoms with Crippen LogP contribution < -0.4 is 10.6 Å². The van der Waals surface area contributed by atoms with E-state index in [0.717, 1.165) is 5.69 Å². The predicted octanol–water partition coefficient (Wildman–Crippen LogP) is 5.51. The fourth-order valence-electron chi connectivity index (χ4n) is 2.94. The standard InChI is InChI=1S/C24H15FN6/c25-22-13-20(9-10-21(22)18-5-1-16(14-26)2-6-18)29-23-11-12-28-24(31-23)30-19-7-3-17(15-27)4-8-19/h1-13H,(H2,28,29,30,31). The molecule has 0 saturated heterocycles. The molecule has 0 aliphatic heterocycles. The highest BCUT2D eigenvalue weighted by Gasteiger charge is 2.08. The fraction of sp³-hybridized carbons (Fsp3) is 0. The van der Waals surface area contributed by atoms with Crippen molar-refractivity contribution in [3.05, 3.63) is 95.9 Å². The Morgan fingerprint density at radius 1 is 0.742 bits per heavy atom. The third-order valence-corrected chi connectivity index (χ3v) is 4.49. The second-order valence-corrected chi connectivity index (χ2v) is 6.59. The first-order valence-corrected chi connectivity index (χ1v) is 9.32. The summed E-state index contributed by atoms with van der Waals surface area (Å²) in [6.45, 7) is 0. The average Bonchev–Trinajstić information content (AvgIpc) is 2.80. The Bertz CT molecular complexity index is 1300. The first kappa shape index (κ1) is 19.6. The molecule has 2 N–H and O–H groups in total. The normalized spacial score (nSPS) is 10.0. The summed E-state index contributed by atoms with van der Waals surface area (Å²) in [5.41, 5.74) is 3.51. The maximum atomic E-state index is 14.7. The van der Waals surface area contributed by atoms with E-state index in [1.165, 1.54) is 6.07 Å². The number of nitrogens with zero attached hydrogens (tertiary/aromatic N) is 4. The van der Waals surface area contributed by atoms with Crippen LogP contribution in [0.1, 0.15) is 11.1 Å². The molecule has 0 spiro atoms. The average molecular weight is 406 g/mol. The summed E-state index contributed by atoms with van der Waals surface area (Å²) in [4.78, 5) is 8.56. The van der Waals surface area contributed by atoms with Gasteiger partial charge >= 0.3 is 0 Å². The summed E-state index contributed by atoms with van der Waals surface area (Å²) in [5, 5.41) is 23.9. The van der Waals surface area contributed by atoms with Gasteiger partial charge in [-0.15, -0.1) is 0 Å². The minimum Gasteiger partial charge on any atom is -0.340 e. The van der Waals surface area contributed by atoms with Gasteiger partial charge in [-0.3, -0.25) is 0 Å². The van der Waals surface area contributed by atoms with Gasteiger partial charge in [0.25, 0.3) is 0 Å². The minimum absolute atomic E-state index is 0.365. The van der Waals surface area contributed by atoms with Crippen molar-refractivity contribution in [2.75, 3.05) is 10.6 Å². The van der Waals surface area contributed by atoms with Gasteiger partial charge < -0.3 is 10.6 Å². The van der Waals surface area contributed by atoms with E-state index in [-0.39, 0.29) is 5.82 Å². The highest BCUT2D eigenvalue weighted by Crippen LogP contribution is 2.27.